The van der Waals surface area contributed by atoms with E-state index in [0.29, 0.717) is 5.56 Å². The van der Waals surface area contributed by atoms with Crippen LogP contribution in [0.4, 0.5) is 0 Å². The number of esters is 1. The standard InChI is InChI=1S/C14H11NO2/c1-17-14(16)13(9-15)12-8-4-6-10-5-2-3-7-11(10)12/h2-8,13H,1H3. The van der Waals surface area contributed by atoms with E-state index in [1.165, 1.54) is 7.11 Å². The minimum atomic E-state index is -0.869. The number of nitriles is 1. The molecule has 0 radical (unpaired) electrons. The zero-order chi connectivity index (χ0) is 12.3. The molecule has 0 bridgehead atoms. The van der Waals surface area contributed by atoms with Gasteiger partial charge in [-0.25, -0.2) is 0 Å². The third-order valence-electron chi connectivity index (χ3n) is 2.70. The van der Waals surface area contributed by atoms with Crippen LogP contribution in [0, 0.1) is 11.3 Å². The van der Waals surface area contributed by atoms with Gasteiger partial charge in [-0.2, -0.15) is 5.26 Å². The van der Waals surface area contributed by atoms with E-state index >= 15 is 0 Å². The maximum absolute atomic E-state index is 11.5. The van der Waals surface area contributed by atoms with Crippen molar-refractivity contribution in [2.45, 2.75) is 5.92 Å². The average molecular weight is 225 g/mol. The lowest BCUT2D eigenvalue weighted by molar-refractivity contribution is -0.140. The van der Waals surface area contributed by atoms with E-state index in [0.717, 1.165) is 10.8 Å². The second-order valence-corrected chi connectivity index (χ2v) is 3.65. The van der Waals surface area contributed by atoms with Gasteiger partial charge in [-0.1, -0.05) is 42.5 Å². The Hall–Kier alpha value is -2.34. The monoisotopic (exact) mass is 225 g/mol. The number of nitrogens with zero attached hydrogens (tertiary/aromatic N) is 1. The molecule has 1 unspecified atom stereocenters. The summed E-state index contributed by atoms with van der Waals surface area (Å²) in [5.41, 5.74) is 0.692. The first-order valence-electron chi connectivity index (χ1n) is 5.23. The van der Waals surface area contributed by atoms with Gasteiger partial charge in [-0.05, 0) is 16.3 Å². The van der Waals surface area contributed by atoms with Crippen molar-refractivity contribution in [1.82, 2.24) is 0 Å². The van der Waals surface area contributed by atoms with Crippen LogP contribution >= 0.6 is 0 Å². The van der Waals surface area contributed by atoms with Crippen molar-refractivity contribution in [3.8, 4) is 6.07 Å². The van der Waals surface area contributed by atoms with E-state index < -0.39 is 11.9 Å². The number of rotatable bonds is 2. The Morgan fingerprint density at radius 2 is 1.94 bits per heavy atom. The maximum atomic E-state index is 11.5. The summed E-state index contributed by atoms with van der Waals surface area (Å²) in [5.74, 6) is -1.39. The Morgan fingerprint density at radius 1 is 1.24 bits per heavy atom. The molecule has 0 aliphatic carbocycles. The number of benzene rings is 2. The third-order valence-corrected chi connectivity index (χ3v) is 2.70. The zero-order valence-corrected chi connectivity index (χ0v) is 9.38. The predicted octanol–water partition coefficient (Wildman–Crippen LogP) is 2.62. The van der Waals surface area contributed by atoms with Crippen LogP contribution in [0.5, 0.6) is 0 Å². The number of hydrogen-bond acceptors (Lipinski definition) is 3. The molecule has 0 aliphatic rings. The van der Waals surface area contributed by atoms with Crippen LogP contribution in [-0.2, 0) is 9.53 Å². The van der Waals surface area contributed by atoms with Gasteiger partial charge in [0.05, 0.1) is 13.2 Å². The Balaban J connectivity index is 2.62. The van der Waals surface area contributed by atoms with Gasteiger partial charge >= 0.3 is 5.97 Å². The first-order chi connectivity index (χ1) is 8.27. The van der Waals surface area contributed by atoms with Gasteiger partial charge in [0.2, 0.25) is 0 Å². The van der Waals surface area contributed by atoms with E-state index in [9.17, 15) is 4.79 Å². The molecule has 0 aliphatic heterocycles. The van der Waals surface area contributed by atoms with Gasteiger partial charge in [0.25, 0.3) is 0 Å². The highest BCUT2D eigenvalue weighted by molar-refractivity contribution is 5.92. The molecule has 3 nitrogen and oxygen atoms in total. The minimum Gasteiger partial charge on any atom is -0.468 e. The number of ether oxygens (including phenoxy) is 1. The molecule has 0 heterocycles. The fraction of sp³-hybridized carbons (Fsp3) is 0.143. The van der Waals surface area contributed by atoms with Gasteiger partial charge < -0.3 is 4.74 Å². The fourth-order valence-electron chi connectivity index (χ4n) is 1.87. The van der Waals surface area contributed by atoms with Crippen molar-refractivity contribution in [2.75, 3.05) is 7.11 Å². The lowest BCUT2D eigenvalue weighted by atomic mass is 9.94. The van der Waals surface area contributed by atoms with E-state index in [-0.39, 0.29) is 0 Å². The molecule has 2 aromatic rings. The molecule has 0 fully saturated rings. The molecule has 0 amide bonds. The van der Waals surface area contributed by atoms with Crippen LogP contribution in [0.1, 0.15) is 11.5 Å². The summed E-state index contributed by atoms with van der Waals surface area (Å²) < 4.78 is 4.65. The van der Waals surface area contributed by atoms with E-state index in [1.54, 1.807) is 6.07 Å². The van der Waals surface area contributed by atoms with Gasteiger partial charge in [0.1, 0.15) is 0 Å². The molecule has 17 heavy (non-hydrogen) atoms. The largest absolute Gasteiger partial charge is 0.468 e. The van der Waals surface area contributed by atoms with Gasteiger partial charge in [-0.3, -0.25) is 4.79 Å². The lowest BCUT2D eigenvalue weighted by Crippen LogP contribution is -2.12. The molecule has 0 spiro atoms. The zero-order valence-electron chi connectivity index (χ0n) is 9.38. The Bertz CT molecular complexity index is 593. The third kappa shape index (κ3) is 1.98. The molecular formula is C14H11NO2. The Labute approximate surface area is 99.2 Å². The molecule has 0 aromatic heterocycles. The molecule has 0 N–H and O–H groups in total. The van der Waals surface area contributed by atoms with Crippen LogP contribution in [0.25, 0.3) is 10.8 Å². The van der Waals surface area contributed by atoms with Gasteiger partial charge in [0, 0.05) is 0 Å². The molecular weight excluding hydrogens is 214 g/mol. The Kier molecular flexibility index (Phi) is 3.06. The molecule has 2 rings (SSSR count). The fourth-order valence-corrected chi connectivity index (χ4v) is 1.87. The smallest absolute Gasteiger partial charge is 0.327 e. The van der Waals surface area contributed by atoms with Crippen molar-refractivity contribution in [3.05, 3.63) is 48.0 Å². The summed E-state index contributed by atoms with van der Waals surface area (Å²) in [5, 5.41) is 11.0. The predicted molar refractivity (Wildman–Crippen MR) is 64.3 cm³/mol. The summed E-state index contributed by atoms with van der Waals surface area (Å²) >= 11 is 0. The molecule has 1 atom stereocenters. The van der Waals surface area contributed by atoms with Crippen LogP contribution in [-0.4, -0.2) is 13.1 Å². The number of carbonyl (C=O) groups excluding carboxylic acids is 1. The normalized spacial score (nSPS) is 11.8. The summed E-state index contributed by atoms with van der Waals surface area (Å²) in [6.45, 7) is 0. The van der Waals surface area contributed by atoms with Crippen LogP contribution < -0.4 is 0 Å². The van der Waals surface area contributed by atoms with Crippen LogP contribution in [0.15, 0.2) is 42.5 Å². The number of hydrogen-bond donors (Lipinski definition) is 0. The highest BCUT2D eigenvalue weighted by atomic mass is 16.5. The summed E-state index contributed by atoms with van der Waals surface area (Å²) in [6, 6.07) is 15.2. The maximum Gasteiger partial charge on any atom is 0.327 e. The summed E-state index contributed by atoms with van der Waals surface area (Å²) in [6.07, 6.45) is 0. The molecule has 0 saturated heterocycles. The average Bonchev–Trinajstić information content (AvgIpc) is 2.39. The summed E-state index contributed by atoms with van der Waals surface area (Å²) in [4.78, 5) is 11.5. The van der Waals surface area contributed by atoms with E-state index in [1.807, 2.05) is 42.5 Å². The van der Waals surface area contributed by atoms with Crippen molar-refractivity contribution < 1.29 is 9.53 Å². The summed E-state index contributed by atoms with van der Waals surface area (Å²) in [7, 11) is 1.29. The van der Waals surface area contributed by atoms with Crippen molar-refractivity contribution in [2.24, 2.45) is 0 Å². The van der Waals surface area contributed by atoms with E-state index in [4.69, 9.17) is 5.26 Å². The van der Waals surface area contributed by atoms with Crippen LogP contribution in [0.2, 0.25) is 0 Å². The topological polar surface area (TPSA) is 50.1 Å². The highest BCUT2D eigenvalue weighted by Crippen LogP contribution is 2.26. The quantitative estimate of drug-likeness (QED) is 0.738. The Morgan fingerprint density at radius 3 is 2.65 bits per heavy atom. The number of carbonyl (C=O) groups is 1. The van der Waals surface area contributed by atoms with Crippen molar-refractivity contribution in [3.63, 3.8) is 0 Å². The highest BCUT2D eigenvalue weighted by Gasteiger charge is 2.22. The first-order valence-corrected chi connectivity index (χ1v) is 5.23. The second kappa shape index (κ2) is 4.67. The van der Waals surface area contributed by atoms with Gasteiger partial charge in [-0.15, -0.1) is 0 Å². The van der Waals surface area contributed by atoms with Crippen molar-refractivity contribution in [1.29, 1.82) is 5.26 Å². The van der Waals surface area contributed by atoms with Crippen LogP contribution in [0.3, 0.4) is 0 Å². The van der Waals surface area contributed by atoms with E-state index in [2.05, 4.69) is 4.74 Å². The first kappa shape index (κ1) is 11.2. The molecule has 84 valence electrons. The second-order valence-electron chi connectivity index (χ2n) is 3.65. The molecule has 3 heteroatoms. The number of methoxy groups -OCH3 is 1. The molecule has 0 saturated carbocycles. The van der Waals surface area contributed by atoms with Gasteiger partial charge in [0.15, 0.2) is 5.92 Å². The number of fused-ring (bicyclic) bond motifs is 1. The molecule has 2 aromatic carbocycles. The SMILES string of the molecule is COC(=O)C(C#N)c1cccc2ccccc12. The van der Waals surface area contributed by atoms with Crippen molar-refractivity contribution >= 4 is 16.7 Å². The lowest BCUT2D eigenvalue weighted by Gasteiger charge is -2.10. The minimum absolute atomic E-state index is 0.524.